The molecule has 1 fully saturated rings. The minimum atomic E-state index is -1.04. The fourth-order valence-electron chi connectivity index (χ4n) is 3.61. The summed E-state index contributed by atoms with van der Waals surface area (Å²) >= 11 is 5.19. The molecule has 1 saturated heterocycles. The van der Waals surface area contributed by atoms with Crippen molar-refractivity contribution >= 4 is 39.6 Å². The molecule has 10 heteroatoms. The molecule has 174 valence electrons. The second-order valence-corrected chi connectivity index (χ2v) is 10.2. The molecule has 32 heavy (non-hydrogen) atoms. The van der Waals surface area contributed by atoms with Crippen LogP contribution in [0, 0.1) is 0 Å². The Morgan fingerprint density at radius 1 is 1.22 bits per heavy atom. The first kappa shape index (κ1) is 24.8. The summed E-state index contributed by atoms with van der Waals surface area (Å²) in [5.41, 5.74) is 1.10. The van der Waals surface area contributed by atoms with Gasteiger partial charge in [0.1, 0.15) is 10.8 Å². The lowest BCUT2D eigenvalue weighted by atomic mass is 10.2. The zero-order chi connectivity index (χ0) is 23.1. The summed E-state index contributed by atoms with van der Waals surface area (Å²) in [5.74, 6) is 2.52. The minimum absolute atomic E-state index is 0.108. The number of quaternary nitrogens is 1. The number of halogens is 1. The van der Waals surface area contributed by atoms with Gasteiger partial charge in [-0.3, -0.25) is 9.38 Å². The summed E-state index contributed by atoms with van der Waals surface area (Å²) in [5, 5.41) is 12.1. The molecule has 0 spiro atoms. The highest BCUT2D eigenvalue weighted by Gasteiger charge is 2.23. The predicted molar refractivity (Wildman–Crippen MR) is 128 cm³/mol. The maximum Gasteiger partial charge on any atom is 0.256 e. The van der Waals surface area contributed by atoms with Crippen LogP contribution in [-0.4, -0.2) is 85.9 Å². The number of nitrogens with zero attached hydrogens (tertiary/aromatic N) is 5. The van der Waals surface area contributed by atoms with E-state index in [1.807, 2.05) is 12.1 Å². The molecule has 0 unspecified atom stereocenters. The molecule has 0 radical (unpaired) electrons. The summed E-state index contributed by atoms with van der Waals surface area (Å²) in [6.07, 6.45) is 3.26. The van der Waals surface area contributed by atoms with E-state index < -0.39 is 6.09 Å². The number of ether oxygens (including phenoxy) is 1. The van der Waals surface area contributed by atoms with E-state index in [2.05, 4.69) is 41.8 Å². The van der Waals surface area contributed by atoms with Gasteiger partial charge in [0.25, 0.3) is 6.09 Å². The molecule has 0 saturated carbocycles. The monoisotopic (exact) mass is 523 g/mol. The van der Waals surface area contributed by atoms with Crippen LogP contribution in [0.4, 0.5) is 10.6 Å². The van der Waals surface area contributed by atoms with Gasteiger partial charge in [-0.2, -0.15) is 0 Å². The summed E-state index contributed by atoms with van der Waals surface area (Å²) in [6.45, 7) is 5.01. The molecule has 2 heterocycles. The van der Waals surface area contributed by atoms with Gasteiger partial charge in [-0.15, -0.1) is 0 Å². The van der Waals surface area contributed by atoms with Crippen molar-refractivity contribution in [3.63, 3.8) is 0 Å². The molecule has 2 aromatic rings. The summed E-state index contributed by atoms with van der Waals surface area (Å²) in [6, 6.07) is 6.00. The van der Waals surface area contributed by atoms with Crippen LogP contribution in [0.2, 0.25) is 0 Å². The Bertz CT molecular complexity index is 922. The van der Waals surface area contributed by atoms with Gasteiger partial charge in [-0.05, 0) is 18.2 Å². The van der Waals surface area contributed by atoms with Crippen LogP contribution in [-0.2, 0) is 5.75 Å². The number of amides is 1. The Balaban J connectivity index is 1.55. The van der Waals surface area contributed by atoms with Crippen LogP contribution < -0.4 is 14.7 Å². The van der Waals surface area contributed by atoms with Crippen LogP contribution in [0.15, 0.2) is 40.1 Å². The van der Waals surface area contributed by atoms with Crippen LogP contribution >= 0.6 is 27.7 Å². The molecule has 0 atom stereocenters. The summed E-state index contributed by atoms with van der Waals surface area (Å²) in [4.78, 5) is 25.0. The number of anilines is 1. The van der Waals surface area contributed by atoms with Crippen molar-refractivity contribution in [2.45, 2.75) is 17.2 Å². The second-order valence-electron chi connectivity index (χ2n) is 8.29. The summed E-state index contributed by atoms with van der Waals surface area (Å²) in [7, 11) is 5.03. The highest BCUT2D eigenvalue weighted by atomic mass is 79.9. The normalized spacial score (nSPS) is 15.1. The lowest BCUT2D eigenvalue weighted by molar-refractivity contribution is -0.838. The molecule has 8 nitrogen and oxygen atoms in total. The van der Waals surface area contributed by atoms with Gasteiger partial charge in [0.05, 0.1) is 27.7 Å². The molecular weight excluding hydrogens is 494 g/mol. The molecule has 1 aliphatic heterocycles. The number of methoxy groups -OCH3 is 1. The van der Waals surface area contributed by atoms with E-state index in [0.717, 1.165) is 71.5 Å². The fourth-order valence-corrected chi connectivity index (χ4v) is 4.98. The highest BCUT2D eigenvalue weighted by molar-refractivity contribution is 9.10. The predicted octanol–water partition coefficient (Wildman–Crippen LogP) is 2.47. The van der Waals surface area contributed by atoms with Crippen LogP contribution in [0.1, 0.15) is 12.0 Å². The van der Waals surface area contributed by atoms with Gasteiger partial charge < -0.3 is 19.5 Å². The van der Waals surface area contributed by atoms with Crippen LogP contribution in [0.5, 0.6) is 5.75 Å². The number of aromatic nitrogens is 2. The topological polar surface area (TPSA) is 81.6 Å². The number of hydrogen-bond acceptors (Lipinski definition) is 8. The van der Waals surface area contributed by atoms with Gasteiger partial charge in [0.2, 0.25) is 0 Å². The largest absolute Gasteiger partial charge is 0.498 e. The van der Waals surface area contributed by atoms with E-state index in [9.17, 15) is 9.90 Å². The van der Waals surface area contributed by atoms with Crippen molar-refractivity contribution < 1.29 is 19.1 Å². The van der Waals surface area contributed by atoms with E-state index in [1.54, 1.807) is 45.4 Å². The average Bonchev–Trinajstić information content (AvgIpc) is 2.78. The van der Waals surface area contributed by atoms with E-state index in [4.69, 9.17) is 4.74 Å². The fraction of sp³-hybridized carbons (Fsp3) is 0.500. The Labute approximate surface area is 202 Å². The molecule has 0 bridgehead atoms. The number of hydrogen-bond donors (Lipinski definition) is 0. The third kappa shape index (κ3) is 6.57. The number of benzene rings is 1. The van der Waals surface area contributed by atoms with Crippen molar-refractivity contribution in [3.05, 3.63) is 40.6 Å². The smallest absolute Gasteiger partial charge is 0.256 e. The van der Waals surface area contributed by atoms with Gasteiger partial charge in [-0.1, -0.05) is 27.7 Å². The summed E-state index contributed by atoms with van der Waals surface area (Å²) < 4.78 is 6.40. The maximum absolute atomic E-state index is 11.1. The molecule has 1 amide bonds. The van der Waals surface area contributed by atoms with Gasteiger partial charge in [0, 0.05) is 67.3 Å². The SMILES string of the molecule is COc1ccc(Br)cc1CSc1nccnc1N1CCN(CCC[N+](C)(C)C(=O)[O-])CC1. The first-order valence-corrected chi connectivity index (χ1v) is 12.4. The third-order valence-corrected chi connectivity index (χ3v) is 7.12. The van der Waals surface area contributed by atoms with E-state index in [1.165, 1.54) is 0 Å². The minimum Gasteiger partial charge on any atom is -0.498 e. The standard InChI is InChI=1S/C22H30BrN5O3S/c1-28(2,22(29)30)14-4-9-26-10-12-27(13-11-26)20-21(25-8-7-24-20)32-16-17-15-18(23)5-6-19(17)31-3/h5-8,15H,4,9-14,16H2,1-3H3. The Kier molecular flexibility index (Phi) is 8.75. The van der Waals surface area contributed by atoms with Crippen molar-refractivity contribution in [1.82, 2.24) is 14.9 Å². The number of carbonyl (C=O) groups excluding carboxylic acids is 1. The zero-order valence-electron chi connectivity index (χ0n) is 18.8. The van der Waals surface area contributed by atoms with Crippen molar-refractivity contribution in [2.24, 2.45) is 0 Å². The van der Waals surface area contributed by atoms with Crippen molar-refractivity contribution in [1.29, 1.82) is 0 Å². The number of piperazine rings is 1. The van der Waals surface area contributed by atoms with Gasteiger partial charge in [0.15, 0.2) is 5.82 Å². The molecule has 3 rings (SSSR count). The third-order valence-electron chi connectivity index (χ3n) is 5.61. The zero-order valence-corrected chi connectivity index (χ0v) is 21.2. The molecule has 0 aliphatic carbocycles. The van der Waals surface area contributed by atoms with E-state index >= 15 is 0 Å². The van der Waals surface area contributed by atoms with Gasteiger partial charge in [-0.25, -0.2) is 9.97 Å². The molecule has 1 aromatic heterocycles. The van der Waals surface area contributed by atoms with Crippen LogP contribution in [0.25, 0.3) is 0 Å². The first-order chi connectivity index (χ1) is 15.3. The second kappa shape index (κ2) is 11.3. The molecular formula is C22H30BrN5O3S. The van der Waals surface area contributed by atoms with E-state index in [-0.39, 0.29) is 4.48 Å². The van der Waals surface area contributed by atoms with Crippen LogP contribution in [0.3, 0.4) is 0 Å². The lowest BCUT2D eigenvalue weighted by Gasteiger charge is -2.36. The first-order valence-electron chi connectivity index (χ1n) is 10.6. The highest BCUT2D eigenvalue weighted by Crippen LogP contribution is 2.33. The van der Waals surface area contributed by atoms with Gasteiger partial charge >= 0.3 is 0 Å². The Morgan fingerprint density at radius 2 is 1.94 bits per heavy atom. The number of thioether (sulfide) groups is 1. The van der Waals surface area contributed by atoms with Crippen molar-refractivity contribution in [3.8, 4) is 5.75 Å². The van der Waals surface area contributed by atoms with E-state index in [0.29, 0.717) is 6.54 Å². The number of rotatable bonds is 9. The molecule has 1 aliphatic rings. The Hall–Kier alpha value is -1.88. The average molecular weight is 524 g/mol. The lowest BCUT2D eigenvalue weighted by Crippen LogP contribution is -2.54. The van der Waals surface area contributed by atoms with Crippen molar-refractivity contribution in [2.75, 3.05) is 65.4 Å². The quantitative estimate of drug-likeness (QED) is 0.366. The maximum atomic E-state index is 11.1. The Morgan fingerprint density at radius 3 is 2.62 bits per heavy atom. The number of carboxylic acid groups (broad SMARTS) is 1. The molecule has 1 aromatic carbocycles. The molecule has 0 N–H and O–H groups in total. The number of carbonyl (C=O) groups is 1.